The fraction of sp³-hybridized carbons (Fsp3) is 0.190. The number of amides is 2. The van der Waals surface area contributed by atoms with E-state index in [2.05, 4.69) is 15.3 Å². The van der Waals surface area contributed by atoms with Crippen molar-refractivity contribution in [1.29, 1.82) is 0 Å². The van der Waals surface area contributed by atoms with Crippen LogP contribution in [0.15, 0.2) is 66.9 Å². The Bertz CT molecular complexity index is 901. The van der Waals surface area contributed by atoms with Crippen LogP contribution in [0.1, 0.15) is 17.1 Å². The second kappa shape index (κ2) is 8.89. The molecule has 0 bridgehead atoms. The van der Waals surface area contributed by atoms with E-state index in [1.807, 2.05) is 43.3 Å². The molecular weight excluding hydrogens is 343 g/mol. The number of aryl methyl sites for hydroxylation is 1. The van der Waals surface area contributed by atoms with Crippen LogP contribution in [0.2, 0.25) is 0 Å². The number of benzene rings is 1. The van der Waals surface area contributed by atoms with E-state index in [4.69, 9.17) is 0 Å². The van der Waals surface area contributed by atoms with Crippen LogP contribution in [0.25, 0.3) is 0 Å². The Morgan fingerprint density at radius 2 is 1.81 bits per heavy atom. The lowest BCUT2D eigenvalue weighted by Crippen LogP contribution is -2.36. The van der Waals surface area contributed by atoms with Gasteiger partial charge in [-0.15, -0.1) is 0 Å². The maximum absolute atomic E-state index is 13.9. The van der Waals surface area contributed by atoms with Crippen molar-refractivity contribution >= 4 is 11.7 Å². The van der Waals surface area contributed by atoms with Crippen LogP contribution in [0, 0.1) is 12.7 Å². The molecular formula is C21H21FN4O. The van der Waals surface area contributed by atoms with Gasteiger partial charge in [0.25, 0.3) is 0 Å². The minimum absolute atomic E-state index is 0.155. The zero-order valence-electron chi connectivity index (χ0n) is 15.1. The van der Waals surface area contributed by atoms with Gasteiger partial charge in [0.2, 0.25) is 0 Å². The lowest BCUT2D eigenvalue weighted by Gasteiger charge is -2.23. The average molecular weight is 364 g/mol. The molecule has 0 radical (unpaired) electrons. The molecule has 0 fully saturated rings. The van der Waals surface area contributed by atoms with E-state index < -0.39 is 5.82 Å². The highest BCUT2D eigenvalue weighted by atomic mass is 19.1. The number of nitrogens with one attached hydrogen (secondary N) is 1. The van der Waals surface area contributed by atoms with Crippen molar-refractivity contribution in [3.63, 3.8) is 0 Å². The summed E-state index contributed by atoms with van der Waals surface area (Å²) in [6, 6.07) is 17.1. The molecule has 2 aromatic heterocycles. The molecule has 3 aromatic rings. The van der Waals surface area contributed by atoms with Gasteiger partial charge >= 0.3 is 6.03 Å². The van der Waals surface area contributed by atoms with Crippen LogP contribution in [0.5, 0.6) is 0 Å². The highest BCUT2D eigenvalue weighted by Gasteiger charge is 2.16. The van der Waals surface area contributed by atoms with E-state index in [0.717, 1.165) is 17.1 Å². The fourth-order valence-electron chi connectivity index (χ4n) is 2.69. The van der Waals surface area contributed by atoms with Crippen molar-refractivity contribution in [3.05, 3.63) is 89.8 Å². The fourth-order valence-corrected chi connectivity index (χ4v) is 2.69. The summed E-state index contributed by atoms with van der Waals surface area (Å²) >= 11 is 0. The predicted octanol–water partition coefficient (Wildman–Crippen LogP) is 4.20. The third-order valence-corrected chi connectivity index (χ3v) is 4.07. The SMILES string of the molecule is Cc1cccc(CN(CCc2ccccn2)C(=O)Nc2ccccc2F)n1. The Kier molecular flexibility index (Phi) is 6.10. The number of carbonyl (C=O) groups excluding carboxylic acids is 1. The number of para-hydroxylation sites is 1. The molecule has 3 rings (SSSR count). The molecule has 0 atom stereocenters. The normalized spacial score (nSPS) is 10.4. The molecule has 0 spiro atoms. The number of pyridine rings is 2. The van der Waals surface area contributed by atoms with Crippen LogP contribution in [-0.2, 0) is 13.0 Å². The lowest BCUT2D eigenvalue weighted by molar-refractivity contribution is 0.209. The van der Waals surface area contributed by atoms with Crippen LogP contribution in [0.3, 0.4) is 0 Å². The summed E-state index contributed by atoms with van der Waals surface area (Å²) in [5.74, 6) is -0.468. The Morgan fingerprint density at radius 1 is 1.04 bits per heavy atom. The predicted molar refractivity (Wildman–Crippen MR) is 103 cm³/mol. The Morgan fingerprint density at radius 3 is 2.56 bits per heavy atom. The number of carbonyl (C=O) groups is 1. The van der Waals surface area contributed by atoms with Crippen LogP contribution >= 0.6 is 0 Å². The minimum Gasteiger partial charge on any atom is -0.318 e. The molecule has 6 heteroatoms. The molecule has 0 unspecified atom stereocenters. The van der Waals surface area contributed by atoms with Gasteiger partial charge in [-0.3, -0.25) is 9.97 Å². The van der Waals surface area contributed by atoms with Gasteiger partial charge in [0.1, 0.15) is 5.82 Å². The van der Waals surface area contributed by atoms with E-state index in [1.54, 1.807) is 23.2 Å². The second-order valence-electron chi connectivity index (χ2n) is 6.17. The number of anilines is 1. The minimum atomic E-state index is -0.468. The first-order valence-electron chi connectivity index (χ1n) is 8.75. The molecule has 0 aliphatic rings. The molecule has 2 heterocycles. The first-order valence-corrected chi connectivity index (χ1v) is 8.75. The van der Waals surface area contributed by atoms with Crippen molar-refractivity contribution in [1.82, 2.24) is 14.9 Å². The number of nitrogens with zero attached hydrogens (tertiary/aromatic N) is 3. The Labute approximate surface area is 157 Å². The van der Waals surface area contributed by atoms with E-state index in [9.17, 15) is 9.18 Å². The molecule has 27 heavy (non-hydrogen) atoms. The van der Waals surface area contributed by atoms with E-state index >= 15 is 0 Å². The lowest BCUT2D eigenvalue weighted by atomic mass is 10.2. The Balaban J connectivity index is 1.75. The molecule has 0 saturated heterocycles. The number of hydrogen-bond acceptors (Lipinski definition) is 3. The third-order valence-electron chi connectivity index (χ3n) is 4.07. The van der Waals surface area contributed by atoms with Gasteiger partial charge in [-0.25, -0.2) is 9.18 Å². The van der Waals surface area contributed by atoms with Gasteiger partial charge in [-0.2, -0.15) is 0 Å². The van der Waals surface area contributed by atoms with Gasteiger partial charge in [0.15, 0.2) is 0 Å². The van der Waals surface area contributed by atoms with Gasteiger partial charge in [0, 0.05) is 30.6 Å². The van der Waals surface area contributed by atoms with Crippen molar-refractivity contribution in [3.8, 4) is 0 Å². The molecule has 2 amide bonds. The third kappa shape index (κ3) is 5.34. The standard InChI is InChI=1S/C21H21FN4O/c1-16-7-6-9-18(24-16)15-26(14-12-17-8-4-5-13-23-17)21(27)25-20-11-3-2-10-19(20)22/h2-11,13H,12,14-15H2,1H3,(H,25,27). The summed E-state index contributed by atoms with van der Waals surface area (Å²) in [5, 5.41) is 2.65. The molecule has 5 nitrogen and oxygen atoms in total. The maximum atomic E-state index is 13.9. The van der Waals surface area contributed by atoms with E-state index in [-0.39, 0.29) is 11.7 Å². The quantitative estimate of drug-likeness (QED) is 0.713. The second-order valence-corrected chi connectivity index (χ2v) is 6.17. The first-order chi connectivity index (χ1) is 13.1. The monoisotopic (exact) mass is 364 g/mol. The van der Waals surface area contributed by atoms with Crippen molar-refractivity contribution in [2.75, 3.05) is 11.9 Å². The summed E-state index contributed by atoms with van der Waals surface area (Å²) in [6.07, 6.45) is 2.32. The molecule has 138 valence electrons. The molecule has 1 aromatic carbocycles. The highest BCUT2D eigenvalue weighted by molar-refractivity contribution is 5.89. The molecule has 0 aliphatic heterocycles. The summed E-state index contributed by atoms with van der Waals surface area (Å²) < 4.78 is 13.9. The zero-order valence-corrected chi connectivity index (χ0v) is 15.1. The van der Waals surface area contributed by atoms with E-state index in [1.165, 1.54) is 12.1 Å². The molecule has 0 saturated carbocycles. The summed E-state index contributed by atoms with van der Waals surface area (Å²) in [4.78, 5) is 23.1. The summed E-state index contributed by atoms with van der Waals surface area (Å²) in [6.45, 7) is 2.67. The van der Waals surface area contributed by atoms with Crippen molar-refractivity contribution in [2.24, 2.45) is 0 Å². The Hall–Kier alpha value is -3.28. The summed E-state index contributed by atoms with van der Waals surface area (Å²) in [5.41, 5.74) is 2.70. The highest BCUT2D eigenvalue weighted by Crippen LogP contribution is 2.14. The number of urea groups is 1. The van der Waals surface area contributed by atoms with Gasteiger partial charge in [-0.1, -0.05) is 24.3 Å². The largest absolute Gasteiger partial charge is 0.322 e. The number of aromatic nitrogens is 2. The average Bonchev–Trinajstić information content (AvgIpc) is 2.67. The molecule has 0 aliphatic carbocycles. The van der Waals surface area contributed by atoms with Crippen LogP contribution in [0.4, 0.5) is 14.9 Å². The number of hydrogen-bond donors (Lipinski definition) is 1. The number of halogens is 1. The van der Waals surface area contributed by atoms with Gasteiger partial charge < -0.3 is 10.2 Å². The van der Waals surface area contributed by atoms with Gasteiger partial charge in [-0.05, 0) is 43.3 Å². The topological polar surface area (TPSA) is 58.1 Å². The number of rotatable bonds is 6. The summed E-state index contributed by atoms with van der Waals surface area (Å²) in [7, 11) is 0. The van der Waals surface area contributed by atoms with Crippen LogP contribution < -0.4 is 5.32 Å². The molecule has 1 N–H and O–H groups in total. The van der Waals surface area contributed by atoms with Crippen LogP contribution in [-0.4, -0.2) is 27.4 Å². The van der Waals surface area contributed by atoms with Crippen molar-refractivity contribution < 1.29 is 9.18 Å². The zero-order chi connectivity index (χ0) is 19.1. The van der Waals surface area contributed by atoms with Crippen molar-refractivity contribution in [2.45, 2.75) is 19.9 Å². The van der Waals surface area contributed by atoms with Gasteiger partial charge in [0.05, 0.1) is 17.9 Å². The van der Waals surface area contributed by atoms with E-state index in [0.29, 0.717) is 19.5 Å². The smallest absolute Gasteiger partial charge is 0.318 e. The first kappa shape index (κ1) is 18.5. The maximum Gasteiger partial charge on any atom is 0.322 e.